The molecule has 2 N–H and O–H groups in total. The molecule has 94 valence electrons. The van der Waals surface area contributed by atoms with Crippen molar-refractivity contribution < 1.29 is 0 Å². The highest BCUT2D eigenvalue weighted by Crippen LogP contribution is 1.97. The van der Waals surface area contributed by atoms with Crippen molar-refractivity contribution in [2.45, 2.75) is 39.2 Å². The molecule has 0 saturated carbocycles. The molecule has 17 heavy (non-hydrogen) atoms. The topological polar surface area (TPSA) is 37.0 Å². The minimum Gasteiger partial charge on any atom is -0.363 e. The Bertz CT molecular complexity index is 314. The molecule has 0 atom stereocenters. The van der Waals surface area contributed by atoms with Gasteiger partial charge in [0, 0.05) is 25.5 Å². The van der Waals surface area contributed by atoms with Gasteiger partial charge < -0.3 is 10.6 Å². The van der Waals surface area contributed by atoms with Gasteiger partial charge in [0.1, 0.15) is 0 Å². The van der Waals surface area contributed by atoms with Crippen molar-refractivity contribution in [1.29, 1.82) is 0 Å². The van der Waals surface area contributed by atoms with Gasteiger partial charge in [-0.3, -0.25) is 4.98 Å². The molecule has 0 bridgehead atoms. The van der Waals surface area contributed by atoms with Crippen LogP contribution in [0.1, 0.15) is 38.2 Å². The summed E-state index contributed by atoms with van der Waals surface area (Å²) in [5.41, 5.74) is 1.19. The number of thiocarbonyl (C=S) groups is 1. The van der Waals surface area contributed by atoms with Gasteiger partial charge in [0.25, 0.3) is 0 Å². The van der Waals surface area contributed by atoms with Crippen LogP contribution in [0, 0.1) is 0 Å². The monoisotopic (exact) mass is 251 g/mol. The van der Waals surface area contributed by atoms with Gasteiger partial charge in [-0.1, -0.05) is 26.2 Å². The van der Waals surface area contributed by atoms with Crippen LogP contribution in [0.3, 0.4) is 0 Å². The first-order valence-electron chi connectivity index (χ1n) is 6.23. The predicted molar refractivity (Wildman–Crippen MR) is 75.8 cm³/mol. The van der Waals surface area contributed by atoms with E-state index in [4.69, 9.17) is 12.2 Å². The fourth-order valence-corrected chi connectivity index (χ4v) is 1.67. The minimum atomic E-state index is 0.735. The summed E-state index contributed by atoms with van der Waals surface area (Å²) in [6, 6.07) is 3.97. The Kier molecular flexibility index (Phi) is 7.30. The average molecular weight is 251 g/mol. The number of hydrogen-bond donors (Lipinski definition) is 2. The number of hydrogen-bond acceptors (Lipinski definition) is 2. The molecule has 0 aliphatic rings. The zero-order valence-electron chi connectivity index (χ0n) is 10.4. The van der Waals surface area contributed by atoms with Crippen LogP contribution >= 0.6 is 12.2 Å². The lowest BCUT2D eigenvalue weighted by atomic mass is 10.2. The Balaban J connectivity index is 2.05. The molecule has 0 amide bonds. The number of nitrogens with one attached hydrogen (secondary N) is 2. The molecule has 0 unspecified atom stereocenters. The molecular weight excluding hydrogens is 230 g/mol. The van der Waals surface area contributed by atoms with Crippen molar-refractivity contribution in [2.75, 3.05) is 6.54 Å². The summed E-state index contributed by atoms with van der Waals surface area (Å²) < 4.78 is 0. The molecule has 0 aromatic carbocycles. The summed E-state index contributed by atoms with van der Waals surface area (Å²) in [6.07, 6.45) is 8.61. The molecule has 1 rings (SSSR count). The van der Waals surface area contributed by atoms with Gasteiger partial charge in [0.2, 0.25) is 0 Å². The summed E-state index contributed by atoms with van der Waals surface area (Å²) in [6.45, 7) is 3.93. The lowest BCUT2D eigenvalue weighted by molar-refractivity contribution is 0.650. The predicted octanol–water partition coefficient (Wildman–Crippen LogP) is 2.63. The maximum atomic E-state index is 5.19. The van der Waals surface area contributed by atoms with E-state index in [9.17, 15) is 0 Å². The molecule has 0 fully saturated rings. The molecule has 0 aliphatic heterocycles. The molecule has 1 heterocycles. The lowest BCUT2D eigenvalue weighted by Gasteiger charge is -2.10. The van der Waals surface area contributed by atoms with Gasteiger partial charge in [-0.15, -0.1) is 0 Å². The third-order valence-electron chi connectivity index (χ3n) is 2.52. The zero-order valence-corrected chi connectivity index (χ0v) is 11.2. The highest BCUT2D eigenvalue weighted by molar-refractivity contribution is 7.80. The van der Waals surface area contributed by atoms with Crippen LogP contribution in [-0.4, -0.2) is 16.6 Å². The van der Waals surface area contributed by atoms with Gasteiger partial charge in [-0.05, 0) is 36.3 Å². The highest BCUT2D eigenvalue weighted by atomic mass is 32.1. The molecule has 0 spiro atoms. The first-order chi connectivity index (χ1) is 8.33. The van der Waals surface area contributed by atoms with E-state index in [1.165, 1.54) is 31.2 Å². The fraction of sp³-hybridized carbons (Fsp3) is 0.538. The van der Waals surface area contributed by atoms with Gasteiger partial charge in [0.15, 0.2) is 5.11 Å². The van der Waals surface area contributed by atoms with E-state index < -0.39 is 0 Å². The Morgan fingerprint density at radius 3 is 2.65 bits per heavy atom. The van der Waals surface area contributed by atoms with Crippen molar-refractivity contribution in [3.63, 3.8) is 0 Å². The SMILES string of the molecule is CCCCCCNC(=S)NCc1ccncc1. The Hall–Kier alpha value is -1.16. The summed E-state index contributed by atoms with van der Waals surface area (Å²) in [7, 11) is 0. The second-order valence-corrected chi connectivity index (χ2v) is 4.43. The number of pyridine rings is 1. The Labute approximate surface area is 109 Å². The van der Waals surface area contributed by atoms with Crippen LogP contribution in [0.15, 0.2) is 24.5 Å². The summed E-state index contributed by atoms with van der Waals surface area (Å²) in [5, 5.41) is 7.13. The largest absolute Gasteiger partial charge is 0.363 e. The van der Waals surface area contributed by atoms with Crippen molar-refractivity contribution in [2.24, 2.45) is 0 Å². The van der Waals surface area contributed by atoms with E-state index in [-0.39, 0.29) is 0 Å². The molecular formula is C13H21N3S. The van der Waals surface area contributed by atoms with E-state index >= 15 is 0 Å². The third kappa shape index (κ3) is 6.89. The number of unbranched alkanes of at least 4 members (excludes halogenated alkanes) is 3. The number of rotatable bonds is 7. The summed E-state index contributed by atoms with van der Waals surface area (Å²) in [5.74, 6) is 0. The second-order valence-electron chi connectivity index (χ2n) is 4.03. The molecule has 0 aliphatic carbocycles. The van der Waals surface area contributed by atoms with Crippen molar-refractivity contribution in [1.82, 2.24) is 15.6 Å². The number of nitrogens with zero attached hydrogens (tertiary/aromatic N) is 1. The van der Waals surface area contributed by atoms with Crippen LogP contribution in [-0.2, 0) is 6.54 Å². The quantitative estimate of drug-likeness (QED) is 0.577. The molecule has 0 saturated heterocycles. The second kappa shape index (κ2) is 8.93. The minimum absolute atomic E-state index is 0.735. The lowest BCUT2D eigenvalue weighted by Crippen LogP contribution is -2.35. The average Bonchev–Trinajstić information content (AvgIpc) is 2.37. The molecule has 3 nitrogen and oxygen atoms in total. The standard InChI is InChI=1S/C13H21N3S/c1-2-3-4-5-8-15-13(17)16-11-12-6-9-14-10-7-12/h6-7,9-10H,2-5,8,11H2,1H3,(H2,15,16,17). The smallest absolute Gasteiger partial charge is 0.166 e. The van der Waals surface area contributed by atoms with E-state index in [1.54, 1.807) is 12.4 Å². The van der Waals surface area contributed by atoms with Gasteiger partial charge in [-0.2, -0.15) is 0 Å². The molecule has 4 heteroatoms. The van der Waals surface area contributed by atoms with Gasteiger partial charge >= 0.3 is 0 Å². The molecule has 1 aromatic heterocycles. The summed E-state index contributed by atoms with van der Waals surface area (Å²) in [4.78, 5) is 3.97. The Morgan fingerprint density at radius 1 is 1.18 bits per heavy atom. The highest BCUT2D eigenvalue weighted by Gasteiger charge is 1.95. The van der Waals surface area contributed by atoms with Gasteiger partial charge in [0.05, 0.1) is 0 Å². The first-order valence-corrected chi connectivity index (χ1v) is 6.64. The van der Waals surface area contributed by atoms with Gasteiger partial charge in [-0.25, -0.2) is 0 Å². The van der Waals surface area contributed by atoms with E-state index in [1.807, 2.05) is 12.1 Å². The number of aromatic nitrogens is 1. The normalized spacial score (nSPS) is 9.94. The molecule has 0 radical (unpaired) electrons. The maximum absolute atomic E-state index is 5.19. The van der Waals surface area contributed by atoms with E-state index in [2.05, 4.69) is 22.5 Å². The maximum Gasteiger partial charge on any atom is 0.166 e. The zero-order chi connectivity index (χ0) is 12.3. The van der Waals surface area contributed by atoms with Crippen LogP contribution in [0.5, 0.6) is 0 Å². The summed E-state index contributed by atoms with van der Waals surface area (Å²) >= 11 is 5.19. The van der Waals surface area contributed by atoms with Crippen LogP contribution < -0.4 is 10.6 Å². The van der Waals surface area contributed by atoms with Crippen molar-refractivity contribution in [3.05, 3.63) is 30.1 Å². The van der Waals surface area contributed by atoms with Crippen LogP contribution in [0.25, 0.3) is 0 Å². The first kappa shape index (κ1) is 13.9. The Morgan fingerprint density at radius 2 is 1.94 bits per heavy atom. The fourth-order valence-electron chi connectivity index (χ4n) is 1.50. The van der Waals surface area contributed by atoms with Crippen LogP contribution in [0.2, 0.25) is 0 Å². The van der Waals surface area contributed by atoms with Crippen molar-refractivity contribution in [3.8, 4) is 0 Å². The van der Waals surface area contributed by atoms with Crippen molar-refractivity contribution >= 4 is 17.3 Å². The van der Waals surface area contributed by atoms with E-state index in [0.29, 0.717) is 0 Å². The molecule has 1 aromatic rings. The van der Waals surface area contributed by atoms with E-state index in [0.717, 1.165) is 18.2 Å². The third-order valence-corrected chi connectivity index (χ3v) is 2.81. The van der Waals surface area contributed by atoms with Crippen LogP contribution in [0.4, 0.5) is 0 Å².